The number of ether oxygens (including phenoxy) is 2. The molecule has 3 fully saturated rings. The van der Waals surface area contributed by atoms with Gasteiger partial charge in [0, 0.05) is 23.1 Å². The van der Waals surface area contributed by atoms with E-state index in [4.69, 9.17) is 18.9 Å². The van der Waals surface area contributed by atoms with Crippen LogP contribution in [0.15, 0.2) is 71.7 Å². The molecule has 0 bridgehead atoms. The van der Waals surface area contributed by atoms with Gasteiger partial charge in [-0.15, -0.1) is 0 Å². The number of hydrogen-bond acceptors (Lipinski definition) is 10. The SMILES string of the molecule is C=CCOC(=O)N[C@H]1CCCCCC=C[C@@H]2C[C@@]2(C(=O)NS(=O)(=O)C2CC2)NC(=O)[C@@H]2C[C@@H](Oc3c4cc(F)ccc4nc4c3oc3ccccc34)CN2C1=O. The van der Waals surface area contributed by atoms with E-state index in [1.807, 2.05) is 30.4 Å². The summed E-state index contributed by atoms with van der Waals surface area (Å²) in [5.41, 5.74) is 0.150. The number of rotatable bonds is 8. The van der Waals surface area contributed by atoms with Crippen molar-refractivity contribution in [1.29, 1.82) is 0 Å². The van der Waals surface area contributed by atoms with Gasteiger partial charge in [-0.1, -0.05) is 49.8 Å². The van der Waals surface area contributed by atoms with Crippen LogP contribution in [0.2, 0.25) is 0 Å². The number of allylic oxidation sites excluding steroid dienone is 1. The Kier molecular flexibility index (Phi) is 9.93. The van der Waals surface area contributed by atoms with Crippen LogP contribution in [0.4, 0.5) is 9.18 Å². The van der Waals surface area contributed by atoms with Crippen LogP contribution in [-0.4, -0.2) is 84.2 Å². The Balaban J connectivity index is 1.16. The normalized spacial score (nSPS) is 25.8. The van der Waals surface area contributed by atoms with Gasteiger partial charge in [0.25, 0.3) is 5.91 Å². The first-order valence-electron chi connectivity index (χ1n) is 18.9. The maximum absolute atomic E-state index is 14.8. The van der Waals surface area contributed by atoms with Gasteiger partial charge < -0.3 is 29.4 Å². The second kappa shape index (κ2) is 14.9. The van der Waals surface area contributed by atoms with Gasteiger partial charge in [-0.25, -0.2) is 22.6 Å². The summed E-state index contributed by atoms with van der Waals surface area (Å²) in [6.07, 6.45) is 7.42. The lowest BCUT2D eigenvalue weighted by Crippen LogP contribution is -2.58. The molecule has 5 atom stereocenters. The van der Waals surface area contributed by atoms with E-state index in [-0.39, 0.29) is 43.7 Å². The van der Waals surface area contributed by atoms with Gasteiger partial charge >= 0.3 is 6.09 Å². The third-order valence-electron chi connectivity index (χ3n) is 11.0. The van der Waals surface area contributed by atoms with E-state index < -0.39 is 74.5 Å². The number of hydrogen-bond donors (Lipinski definition) is 3. The van der Waals surface area contributed by atoms with Crippen LogP contribution in [0.1, 0.15) is 57.8 Å². The Morgan fingerprint density at radius 2 is 1.93 bits per heavy atom. The third-order valence-corrected chi connectivity index (χ3v) is 12.8. The molecule has 3 N–H and O–H groups in total. The monoisotopic (exact) mass is 787 g/mol. The number of para-hydroxylation sites is 1. The standard InChI is InChI=1S/C40H42FN5O9S/c1-2-18-53-39(50)43-30-12-7-5-3-4-6-10-23-21-40(23,38(49)45-56(51,52)26-15-16-26)44-36(47)31-20-25(22-46(31)37(30)48)54-34-28-19-24(41)14-17-29(28)42-33-27-11-8-9-13-32(27)55-35(33)34/h2,6,8-11,13-14,17,19,23,25-26,30-31H,1,3-5,7,12,15-16,18,20-22H2,(H,43,50)(H,44,47)(H,45,49)/t23-,25-,30+,31+,40-/m1/s1. The van der Waals surface area contributed by atoms with E-state index in [0.717, 1.165) is 12.8 Å². The molecule has 0 unspecified atom stereocenters. The minimum Gasteiger partial charge on any atom is -0.484 e. The van der Waals surface area contributed by atoms with Crippen molar-refractivity contribution < 1.29 is 45.9 Å². The van der Waals surface area contributed by atoms with Gasteiger partial charge in [-0.05, 0) is 68.9 Å². The highest BCUT2D eigenvalue weighted by molar-refractivity contribution is 7.91. The van der Waals surface area contributed by atoms with E-state index in [1.165, 1.54) is 29.2 Å². The van der Waals surface area contributed by atoms with E-state index in [9.17, 15) is 32.0 Å². The van der Waals surface area contributed by atoms with Crippen LogP contribution in [0, 0.1) is 11.7 Å². The highest BCUT2D eigenvalue weighted by Gasteiger charge is 2.62. The van der Waals surface area contributed by atoms with Crippen molar-refractivity contribution in [1.82, 2.24) is 25.2 Å². The number of furan rings is 1. The van der Waals surface area contributed by atoms with Gasteiger partial charge in [-0.2, -0.15) is 0 Å². The number of sulfonamides is 1. The fourth-order valence-electron chi connectivity index (χ4n) is 7.78. The molecular weight excluding hydrogens is 746 g/mol. The molecule has 4 heterocycles. The minimum atomic E-state index is -3.93. The number of carbonyl (C=O) groups excluding carboxylic acids is 4. The maximum Gasteiger partial charge on any atom is 0.408 e. The summed E-state index contributed by atoms with van der Waals surface area (Å²) in [6.45, 7) is 3.35. The van der Waals surface area contributed by atoms with E-state index in [0.29, 0.717) is 53.1 Å². The number of carbonyl (C=O) groups is 4. The summed E-state index contributed by atoms with van der Waals surface area (Å²) >= 11 is 0. The van der Waals surface area contributed by atoms with Crippen molar-refractivity contribution in [2.75, 3.05) is 13.2 Å². The second-order valence-corrected chi connectivity index (χ2v) is 16.9. The minimum absolute atomic E-state index is 0.0648. The first-order chi connectivity index (χ1) is 27.0. The quantitative estimate of drug-likeness (QED) is 0.207. The summed E-state index contributed by atoms with van der Waals surface area (Å²) in [6, 6.07) is 9.09. The van der Waals surface area contributed by atoms with Crippen molar-refractivity contribution in [2.24, 2.45) is 5.92 Å². The Labute approximate surface area is 321 Å². The third kappa shape index (κ3) is 7.29. The molecular formula is C40H42FN5O9S. The fourth-order valence-corrected chi connectivity index (χ4v) is 9.14. The average molecular weight is 788 g/mol. The van der Waals surface area contributed by atoms with Crippen LogP contribution in [0.3, 0.4) is 0 Å². The largest absolute Gasteiger partial charge is 0.484 e. The maximum atomic E-state index is 14.8. The zero-order chi connectivity index (χ0) is 39.2. The van der Waals surface area contributed by atoms with Crippen molar-refractivity contribution in [3.05, 3.63) is 73.1 Å². The van der Waals surface area contributed by atoms with Gasteiger partial charge in [0.05, 0.1) is 17.3 Å². The van der Waals surface area contributed by atoms with Crippen LogP contribution in [-0.2, 0) is 29.1 Å². The summed E-state index contributed by atoms with van der Waals surface area (Å²) in [5, 5.41) is 5.88. The van der Waals surface area contributed by atoms with Crippen LogP contribution >= 0.6 is 0 Å². The van der Waals surface area contributed by atoms with Crippen molar-refractivity contribution >= 4 is 66.8 Å². The van der Waals surface area contributed by atoms with Crippen molar-refractivity contribution in [3.8, 4) is 5.75 Å². The Morgan fingerprint density at radius 3 is 2.73 bits per heavy atom. The molecule has 294 valence electrons. The van der Waals surface area contributed by atoms with Gasteiger partial charge in [0.15, 0.2) is 11.3 Å². The topological polar surface area (TPSA) is 186 Å². The number of alkyl carbamates (subject to hydrolysis) is 1. The van der Waals surface area contributed by atoms with Crippen LogP contribution in [0.25, 0.3) is 33.0 Å². The van der Waals surface area contributed by atoms with E-state index in [2.05, 4.69) is 21.9 Å². The highest BCUT2D eigenvalue weighted by atomic mass is 32.2. The van der Waals surface area contributed by atoms with Crippen LogP contribution < -0.4 is 20.1 Å². The summed E-state index contributed by atoms with van der Waals surface area (Å²) in [5.74, 6) is -2.92. The molecule has 4 aromatic rings. The molecule has 2 aliphatic heterocycles. The zero-order valence-electron chi connectivity index (χ0n) is 30.5. The lowest BCUT2D eigenvalue weighted by molar-refractivity contribution is -0.141. The van der Waals surface area contributed by atoms with Crippen molar-refractivity contribution in [2.45, 2.75) is 86.8 Å². The van der Waals surface area contributed by atoms with E-state index in [1.54, 1.807) is 6.07 Å². The molecule has 4 aliphatic rings. The predicted octanol–water partition coefficient (Wildman–Crippen LogP) is 4.91. The molecule has 0 spiro atoms. The summed E-state index contributed by atoms with van der Waals surface area (Å²) < 4.78 is 60.7. The van der Waals surface area contributed by atoms with Gasteiger partial charge in [0.1, 0.15) is 47.3 Å². The molecule has 0 radical (unpaired) electrons. The molecule has 2 aromatic heterocycles. The number of benzene rings is 2. The summed E-state index contributed by atoms with van der Waals surface area (Å²) in [7, 11) is -3.93. The Hall–Kier alpha value is -5.51. The molecule has 2 saturated carbocycles. The molecule has 16 heteroatoms. The fraction of sp³-hybridized carbons (Fsp3) is 0.425. The molecule has 4 amide bonds. The predicted molar refractivity (Wildman–Crippen MR) is 203 cm³/mol. The Bertz CT molecular complexity index is 2400. The van der Waals surface area contributed by atoms with E-state index >= 15 is 0 Å². The molecule has 56 heavy (non-hydrogen) atoms. The number of amides is 4. The highest BCUT2D eigenvalue weighted by Crippen LogP contribution is 2.46. The number of nitrogens with zero attached hydrogens (tertiary/aromatic N) is 2. The zero-order valence-corrected chi connectivity index (χ0v) is 31.3. The second-order valence-electron chi connectivity index (χ2n) is 15.0. The number of pyridine rings is 1. The average Bonchev–Trinajstić information content (AvgIpc) is 4.08. The number of aromatic nitrogens is 1. The van der Waals surface area contributed by atoms with Gasteiger partial charge in [0.2, 0.25) is 21.8 Å². The molecule has 2 aliphatic carbocycles. The number of fused-ring (bicyclic) bond motifs is 6. The smallest absolute Gasteiger partial charge is 0.408 e. The molecule has 1 saturated heterocycles. The molecule has 14 nitrogen and oxygen atoms in total. The lowest BCUT2D eigenvalue weighted by Gasteiger charge is -2.29. The van der Waals surface area contributed by atoms with Crippen LogP contribution in [0.5, 0.6) is 5.75 Å². The molecule has 2 aromatic carbocycles. The van der Waals surface area contributed by atoms with Crippen molar-refractivity contribution in [3.63, 3.8) is 0 Å². The summed E-state index contributed by atoms with van der Waals surface area (Å²) in [4.78, 5) is 61.6. The lowest BCUT2D eigenvalue weighted by atomic mass is 10.1. The molecule has 8 rings (SSSR count). The first-order valence-corrected chi connectivity index (χ1v) is 20.5. The number of nitrogens with one attached hydrogen (secondary N) is 3. The Morgan fingerprint density at radius 1 is 1.11 bits per heavy atom. The van der Waals surface area contributed by atoms with Gasteiger partial charge in [-0.3, -0.25) is 19.1 Å². The number of halogens is 1. The first kappa shape index (κ1) is 37.4.